The molecule has 1 aromatic rings. The Morgan fingerprint density at radius 3 is 3.10 bits per heavy atom. The highest BCUT2D eigenvalue weighted by Crippen LogP contribution is 2.33. The van der Waals surface area contributed by atoms with Gasteiger partial charge in [-0.15, -0.1) is 0 Å². The van der Waals surface area contributed by atoms with Gasteiger partial charge in [0.25, 0.3) is 0 Å². The number of hydrogen-bond acceptors (Lipinski definition) is 3. The molecule has 20 heavy (non-hydrogen) atoms. The Bertz CT molecular complexity index is 448. The number of carbonyl (C=O) groups is 1. The van der Waals surface area contributed by atoms with Crippen molar-refractivity contribution in [3.63, 3.8) is 0 Å². The number of ether oxygens (including phenoxy) is 1. The van der Waals surface area contributed by atoms with E-state index in [1.54, 1.807) is 0 Å². The van der Waals surface area contributed by atoms with Gasteiger partial charge in [-0.2, -0.15) is 0 Å². The molecule has 0 radical (unpaired) electrons. The van der Waals surface area contributed by atoms with E-state index in [0.717, 1.165) is 37.1 Å². The first kappa shape index (κ1) is 14.9. The van der Waals surface area contributed by atoms with Gasteiger partial charge in [-0.25, -0.2) is 0 Å². The van der Waals surface area contributed by atoms with Gasteiger partial charge < -0.3 is 15.8 Å². The summed E-state index contributed by atoms with van der Waals surface area (Å²) < 4.78 is 5.58. The number of nitrogens with two attached hydrogens (primary N) is 1. The summed E-state index contributed by atoms with van der Waals surface area (Å²) >= 11 is 0. The summed E-state index contributed by atoms with van der Waals surface area (Å²) in [6.45, 7) is 4.18. The molecule has 1 aliphatic rings. The quantitative estimate of drug-likeness (QED) is 0.782. The van der Waals surface area contributed by atoms with Gasteiger partial charge in [0.2, 0.25) is 5.91 Å². The fraction of sp³-hybridized carbons (Fsp3) is 0.562. The summed E-state index contributed by atoms with van der Waals surface area (Å²) in [6.07, 6.45) is 2.79. The number of fused-ring (bicyclic) bond motifs is 1. The highest BCUT2D eigenvalue weighted by Gasteiger charge is 2.26. The molecule has 3 N–H and O–H groups in total. The van der Waals surface area contributed by atoms with Crippen molar-refractivity contribution in [1.29, 1.82) is 0 Å². The Morgan fingerprint density at radius 1 is 1.50 bits per heavy atom. The van der Waals surface area contributed by atoms with E-state index < -0.39 is 0 Å². The predicted octanol–water partition coefficient (Wildman–Crippen LogP) is 2.04. The van der Waals surface area contributed by atoms with Crippen LogP contribution in [0.2, 0.25) is 0 Å². The smallest absolute Gasteiger partial charge is 0.227 e. The molecule has 2 atom stereocenters. The van der Waals surface area contributed by atoms with Crippen LogP contribution in [0, 0.1) is 5.92 Å². The van der Waals surface area contributed by atoms with Crippen molar-refractivity contribution in [2.45, 2.75) is 32.1 Å². The molecule has 1 aliphatic heterocycles. The van der Waals surface area contributed by atoms with Crippen molar-refractivity contribution in [3.05, 3.63) is 29.8 Å². The zero-order valence-corrected chi connectivity index (χ0v) is 12.1. The molecule has 2 rings (SSSR count). The van der Waals surface area contributed by atoms with E-state index in [9.17, 15) is 4.79 Å². The van der Waals surface area contributed by atoms with Gasteiger partial charge in [0.05, 0.1) is 12.5 Å². The lowest BCUT2D eigenvalue weighted by Gasteiger charge is -2.25. The fourth-order valence-electron chi connectivity index (χ4n) is 2.52. The number of benzene rings is 1. The minimum Gasteiger partial charge on any atom is -0.493 e. The molecule has 0 fully saturated rings. The molecule has 0 aliphatic carbocycles. The lowest BCUT2D eigenvalue weighted by molar-refractivity contribution is -0.123. The molecule has 1 aromatic carbocycles. The van der Waals surface area contributed by atoms with Gasteiger partial charge in [-0.05, 0) is 37.8 Å². The van der Waals surface area contributed by atoms with Crippen molar-refractivity contribution < 1.29 is 9.53 Å². The molecule has 110 valence electrons. The van der Waals surface area contributed by atoms with E-state index in [1.807, 2.05) is 24.3 Å². The van der Waals surface area contributed by atoms with Crippen molar-refractivity contribution >= 4 is 5.91 Å². The van der Waals surface area contributed by atoms with Crippen molar-refractivity contribution in [1.82, 2.24) is 5.32 Å². The Hall–Kier alpha value is -1.55. The lowest BCUT2D eigenvalue weighted by Crippen LogP contribution is -2.33. The summed E-state index contributed by atoms with van der Waals surface area (Å²) in [7, 11) is 0. The first-order valence-electron chi connectivity index (χ1n) is 7.42. The van der Waals surface area contributed by atoms with E-state index in [1.165, 1.54) is 0 Å². The summed E-state index contributed by atoms with van der Waals surface area (Å²) in [5, 5.41) is 3.04. The van der Waals surface area contributed by atoms with Crippen LogP contribution in [0.5, 0.6) is 5.75 Å². The zero-order chi connectivity index (χ0) is 14.4. The largest absolute Gasteiger partial charge is 0.493 e. The summed E-state index contributed by atoms with van der Waals surface area (Å²) in [5.74, 6) is 1.40. The first-order valence-corrected chi connectivity index (χ1v) is 7.42. The maximum Gasteiger partial charge on any atom is 0.227 e. The second-order valence-corrected chi connectivity index (χ2v) is 5.50. The third-order valence-corrected chi connectivity index (χ3v) is 3.85. The molecule has 0 aromatic heterocycles. The molecule has 0 saturated carbocycles. The third-order valence-electron chi connectivity index (χ3n) is 3.85. The van der Waals surface area contributed by atoms with Crippen molar-refractivity contribution in [3.8, 4) is 5.75 Å². The fourth-order valence-corrected chi connectivity index (χ4v) is 2.52. The van der Waals surface area contributed by atoms with Crippen LogP contribution < -0.4 is 15.8 Å². The van der Waals surface area contributed by atoms with Crippen molar-refractivity contribution in [2.24, 2.45) is 11.7 Å². The van der Waals surface area contributed by atoms with Crippen LogP contribution in [0.4, 0.5) is 0 Å². The monoisotopic (exact) mass is 276 g/mol. The number of carbonyl (C=O) groups excluding carboxylic acids is 1. The SMILES string of the molecule is CC(CN)CCCNC(=O)C1CCOc2ccccc21. The molecular formula is C16H24N2O2. The van der Waals surface area contributed by atoms with Gasteiger partial charge in [-0.3, -0.25) is 4.79 Å². The topological polar surface area (TPSA) is 64.3 Å². The lowest BCUT2D eigenvalue weighted by atomic mass is 9.92. The molecule has 1 amide bonds. The Balaban J connectivity index is 1.85. The van der Waals surface area contributed by atoms with Crippen LogP contribution in [0.25, 0.3) is 0 Å². The number of rotatable bonds is 6. The molecular weight excluding hydrogens is 252 g/mol. The van der Waals surface area contributed by atoms with E-state index in [-0.39, 0.29) is 11.8 Å². The van der Waals surface area contributed by atoms with Crippen LogP contribution in [-0.4, -0.2) is 25.6 Å². The Morgan fingerprint density at radius 2 is 2.30 bits per heavy atom. The van der Waals surface area contributed by atoms with Crippen LogP contribution in [0.15, 0.2) is 24.3 Å². The first-order chi connectivity index (χ1) is 9.72. The summed E-state index contributed by atoms with van der Waals surface area (Å²) in [5.41, 5.74) is 6.59. The maximum absolute atomic E-state index is 12.3. The molecule has 4 nitrogen and oxygen atoms in total. The Labute approximate surface area is 120 Å². The van der Waals surface area contributed by atoms with E-state index >= 15 is 0 Å². The van der Waals surface area contributed by atoms with Gasteiger partial charge in [0.15, 0.2) is 0 Å². The third kappa shape index (κ3) is 3.73. The minimum absolute atomic E-state index is 0.0770. The van der Waals surface area contributed by atoms with E-state index in [2.05, 4.69) is 12.2 Å². The van der Waals surface area contributed by atoms with Gasteiger partial charge >= 0.3 is 0 Å². The summed E-state index contributed by atoms with van der Waals surface area (Å²) in [6, 6.07) is 7.80. The average molecular weight is 276 g/mol. The highest BCUT2D eigenvalue weighted by atomic mass is 16.5. The van der Waals surface area contributed by atoms with Crippen LogP contribution in [-0.2, 0) is 4.79 Å². The molecule has 4 heteroatoms. The number of nitrogens with one attached hydrogen (secondary N) is 1. The van der Waals surface area contributed by atoms with Crippen molar-refractivity contribution in [2.75, 3.05) is 19.7 Å². The molecule has 0 spiro atoms. The highest BCUT2D eigenvalue weighted by molar-refractivity contribution is 5.84. The summed E-state index contributed by atoms with van der Waals surface area (Å²) in [4.78, 5) is 12.3. The number of amides is 1. The average Bonchev–Trinajstić information content (AvgIpc) is 2.50. The normalized spacial score (nSPS) is 18.8. The molecule has 2 unspecified atom stereocenters. The molecule has 0 bridgehead atoms. The van der Waals surface area contributed by atoms with Gasteiger partial charge in [-0.1, -0.05) is 25.1 Å². The second kappa shape index (κ2) is 7.29. The molecule has 0 saturated heterocycles. The second-order valence-electron chi connectivity index (χ2n) is 5.50. The number of para-hydroxylation sites is 1. The zero-order valence-electron chi connectivity index (χ0n) is 12.1. The number of hydrogen-bond donors (Lipinski definition) is 2. The van der Waals surface area contributed by atoms with Crippen LogP contribution in [0.3, 0.4) is 0 Å². The van der Waals surface area contributed by atoms with Crippen LogP contribution >= 0.6 is 0 Å². The van der Waals surface area contributed by atoms with E-state index in [4.69, 9.17) is 10.5 Å². The minimum atomic E-state index is -0.0770. The van der Waals surface area contributed by atoms with Gasteiger partial charge in [0, 0.05) is 12.1 Å². The maximum atomic E-state index is 12.3. The molecule has 1 heterocycles. The predicted molar refractivity (Wildman–Crippen MR) is 79.8 cm³/mol. The van der Waals surface area contributed by atoms with E-state index in [0.29, 0.717) is 19.1 Å². The van der Waals surface area contributed by atoms with Gasteiger partial charge in [0.1, 0.15) is 5.75 Å². The van der Waals surface area contributed by atoms with Crippen LogP contribution in [0.1, 0.15) is 37.7 Å². The Kier molecular flexibility index (Phi) is 5.41. The standard InChI is InChI=1S/C16H24N2O2/c1-12(11-17)5-4-9-18-16(19)14-8-10-20-15-7-3-2-6-13(14)15/h2-3,6-7,12,14H,4-5,8-11,17H2,1H3,(H,18,19).